The number of aromatic hydroxyl groups is 1. The lowest BCUT2D eigenvalue weighted by molar-refractivity contribution is -0.384. The molecule has 0 heterocycles. The van der Waals surface area contributed by atoms with Crippen LogP contribution in [-0.4, -0.2) is 49.9 Å². The standard InChI is InChI=1S/C26H23ClN4O8/c1-14-8-18(11-19(9-14)31(38)39)24(34)30(29-15(2)26(36)37)25(35)21-7-6-17(12-22(21)27)23(33)28-13-16-4-3-5-20(32)10-16/h3-12,15,29,32H,13H2,1-2H3,(H,28,33)(H,36,37)/t15-/m0/s1. The van der Waals surface area contributed by atoms with Gasteiger partial charge in [0.05, 0.1) is 15.5 Å². The number of carboxylic acids is 1. The van der Waals surface area contributed by atoms with Gasteiger partial charge in [0.1, 0.15) is 11.8 Å². The van der Waals surface area contributed by atoms with Crippen LogP contribution in [0.4, 0.5) is 5.69 Å². The summed E-state index contributed by atoms with van der Waals surface area (Å²) in [5.41, 5.74) is 2.53. The first-order chi connectivity index (χ1) is 18.4. The van der Waals surface area contributed by atoms with Crippen molar-refractivity contribution in [1.29, 1.82) is 0 Å². The van der Waals surface area contributed by atoms with E-state index < -0.39 is 40.3 Å². The molecule has 39 heavy (non-hydrogen) atoms. The number of carboxylic acid groups (broad SMARTS) is 1. The highest BCUT2D eigenvalue weighted by atomic mass is 35.5. The van der Waals surface area contributed by atoms with Crippen molar-refractivity contribution >= 4 is 41.0 Å². The zero-order valence-electron chi connectivity index (χ0n) is 20.7. The van der Waals surface area contributed by atoms with Crippen LogP contribution in [0.1, 0.15) is 49.1 Å². The van der Waals surface area contributed by atoms with E-state index in [2.05, 4.69) is 10.7 Å². The summed E-state index contributed by atoms with van der Waals surface area (Å²) >= 11 is 6.29. The average molecular weight is 555 g/mol. The van der Waals surface area contributed by atoms with Crippen molar-refractivity contribution < 1.29 is 34.3 Å². The van der Waals surface area contributed by atoms with Crippen LogP contribution in [0.15, 0.2) is 60.7 Å². The number of nitro benzene ring substituents is 1. The summed E-state index contributed by atoms with van der Waals surface area (Å²) in [6.07, 6.45) is 0. The number of amides is 3. The molecule has 0 aromatic heterocycles. The van der Waals surface area contributed by atoms with E-state index in [1.165, 1.54) is 56.3 Å². The number of phenolic OH excluding ortho intramolecular Hbond substituents is 1. The highest BCUT2D eigenvalue weighted by Gasteiger charge is 2.30. The minimum absolute atomic E-state index is 0.0397. The number of non-ortho nitro benzene ring substituents is 1. The molecule has 0 spiro atoms. The van der Waals surface area contributed by atoms with Gasteiger partial charge in [-0.15, -0.1) is 0 Å². The molecule has 0 radical (unpaired) electrons. The summed E-state index contributed by atoms with van der Waals surface area (Å²) in [5, 5.41) is 33.0. The third-order valence-electron chi connectivity index (χ3n) is 5.44. The first-order valence-electron chi connectivity index (χ1n) is 11.4. The Balaban J connectivity index is 1.89. The van der Waals surface area contributed by atoms with Crippen molar-refractivity contribution in [3.05, 3.63) is 104 Å². The molecule has 3 aromatic rings. The number of nitrogens with zero attached hydrogens (tertiary/aromatic N) is 2. The second kappa shape index (κ2) is 12.2. The fourth-order valence-electron chi connectivity index (χ4n) is 3.48. The highest BCUT2D eigenvalue weighted by molar-refractivity contribution is 6.34. The molecular weight excluding hydrogens is 532 g/mol. The highest BCUT2D eigenvalue weighted by Crippen LogP contribution is 2.23. The van der Waals surface area contributed by atoms with E-state index in [0.717, 1.165) is 6.07 Å². The number of carbonyl (C=O) groups excluding carboxylic acids is 3. The number of aliphatic carboxylic acids is 1. The lowest BCUT2D eigenvalue weighted by atomic mass is 10.1. The van der Waals surface area contributed by atoms with E-state index in [9.17, 15) is 39.5 Å². The van der Waals surface area contributed by atoms with E-state index >= 15 is 0 Å². The molecule has 3 amide bonds. The number of benzene rings is 3. The second-order valence-electron chi connectivity index (χ2n) is 8.50. The summed E-state index contributed by atoms with van der Waals surface area (Å²) in [6, 6.07) is 12.1. The Hall–Kier alpha value is -4.81. The van der Waals surface area contributed by atoms with E-state index in [0.29, 0.717) is 16.1 Å². The van der Waals surface area contributed by atoms with Crippen LogP contribution in [0.2, 0.25) is 5.02 Å². The normalized spacial score (nSPS) is 11.4. The average Bonchev–Trinajstić information content (AvgIpc) is 2.89. The summed E-state index contributed by atoms with van der Waals surface area (Å²) in [7, 11) is 0. The van der Waals surface area contributed by atoms with Crippen molar-refractivity contribution in [2.24, 2.45) is 0 Å². The SMILES string of the molecule is Cc1cc(C(=O)N(N[C@@H](C)C(=O)O)C(=O)c2ccc(C(=O)NCc3cccc(O)c3)cc2Cl)cc([N+](=O)[O-])c1. The number of carbonyl (C=O) groups is 4. The van der Waals surface area contributed by atoms with E-state index in [4.69, 9.17) is 11.6 Å². The van der Waals surface area contributed by atoms with Crippen LogP contribution in [0.5, 0.6) is 5.75 Å². The molecule has 0 aliphatic rings. The lowest BCUT2D eigenvalue weighted by Crippen LogP contribution is -2.53. The predicted octanol–water partition coefficient (Wildman–Crippen LogP) is 3.45. The van der Waals surface area contributed by atoms with Crippen molar-refractivity contribution in [2.75, 3.05) is 0 Å². The second-order valence-corrected chi connectivity index (χ2v) is 8.90. The molecule has 3 aromatic carbocycles. The molecule has 0 saturated carbocycles. The first-order valence-corrected chi connectivity index (χ1v) is 11.7. The number of nitrogens with one attached hydrogen (secondary N) is 2. The van der Waals surface area contributed by atoms with Crippen molar-refractivity contribution in [2.45, 2.75) is 26.4 Å². The van der Waals surface area contributed by atoms with Gasteiger partial charge in [-0.05, 0) is 61.4 Å². The van der Waals surface area contributed by atoms with Gasteiger partial charge in [-0.2, -0.15) is 0 Å². The zero-order valence-corrected chi connectivity index (χ0v) is 21.4. The van der Waals surface area contributed by atoms with Gasteiger partial charge >= 0.3 is 5.97 Å². The fraction of sp³-hybridized carbons (Fsp3) is 0.154. The number of hydrazine groups is 1. The Bertz CT molecular complexity index is 1480. The minimum Gasteiger partial charge on any atom is -0.508 e. The number of imide groups is 1. The predicted molar refractivity (Wildman–Crippen MR) is 139 cm³/mol. The molecule has 1 atom stereocenters. The Morgan fingerprint density at radius 1 is 1.03 bits per heavy atom. The molecular formula is C26H23ClN4O8. The molecule has 0 aliphatic carbocycles. The third kappa shape index (κ3) is 7.15. The van der Waals surface area contributed by atoms with Gasteiger partial charge < -0.3 is 15.5 Å². The maximum atomic E-state index is 13.4. The zero-order chi connectivity index (χ0) is 28.9. The molecule has 0 bridgehead atoms. The van der Waals surface area contributed by atoms with Crippen LogP contribution in [0, 0.1) is 17.0 Å². The number of aryl methyl sites for hydroxylation is 1. The largest absolute Gasteiger partial charge is 0.508 e. The molecule has 4 N–H and O–H groups in total. The van der Waals surface area contributed by atoms with Crippen LogP contribution in [0.3, 0.4) is 0 Å². The molecule has 3 rings (SSSR count). The maximum absolute atomic E-state index is 13.4. The molecule has 202 valence electrons. The Labute approximate surface area is 226 Å². The maximum Gasteiger partial charge on any atom is 0.322 e. The van der Waals surface area contributed by atoms with Crippen LogP contribution in [0.25, 0.3) is 0 Å². The van der Waals surface area contributed by atoms with Gasteiger partial charge in [0, 0.05) is 29.8 Å². The topological polar surface area (TPSA) is 179 Å². The fourth-order valence-corrected chi connectivity index (χ4v) is 3.74. The van der Waals surface area contributed by atoms with Crippen LogP contribution >= 0.6 is 11.6 Å². The van der Waals surface area contributed by atoms with Gasteiger partial charge in [0.25, 0.3) is 23.4 Å². The van der Waals surface area contributed by atoms with Gasteiger partial charge in [-0.1, -0.05) is 23.7 Å². The van der Waals surface area contributed by atoms with Crippen molar-refractivity contribution in [3.8, 4) is 5.75 Å². The number of nitro groups is 1. The lowest BCUT2D eigenvalue weighted by Gasteiger charge is -2.24. The monoisotopic (exact) mass is 554 g/mol. The summed E-state index contributed by atoms with van der Waals surface area (Å²) in [5.74, 6) is -3.96. The Kier molecular flexibility index (Phi) is 8.96. The number of halogens is 1. The third-order valence-corrected chi connectivity index (χ3v) is 5.76. The summed E-state index contributed by atoms with van der Waals surface area (Å²) in [6.45, 7) is 2.81. The van der Waals surface area contributed by atoms with Crippen LogP contribution in [-0.2, 0) is 11.3 Å². The smallest absolute Gasteiger partial charge is 0.322 e. The number of rotatable bonds is 9. The minimum atomic E-state index is -1.40. The molecule has 12 nitrogen and oxygen atoms in total. The number of phenols is 1. The molecule has 0 saturated heterocycles. The van der Waals surface area contributed by atoms with E-state index in [-0.39, 0.29) is 34.0 Å². The summed E-state index contributed by atoms with van der Waals surface area (Å²) < 4.78 is 0. The molecule has 0 unspecified atom stereocenters. The first kappa shape index (κ1) is 28.8. The van der Waals surface area contributed by atoms with E-state index in [1.54, 1.807) is 12.1 Å². The molecule has 0 fully saturated rings. The van der Waals surface area contributed by atoms with Gasteiger partial charge in [0.2, 0.25) is 0 Å². The van der Waals surface area contributed by atoms with Crippen molar-refractivity contribution in [3.63, 3.8) is 0 Å². The Morgan fingerprint density at radius 2 is 1.74 bits per heavy atom. The van der Waals surface area contributed by atoms with Gasteiger partial charge in [0.15, 0.2) is 0 Å². The van der Waals surface area contributed by atoms with Crippen molar-refractivity contribution in [1.82, 2.24) is 15.8 Å². The van der Waals surface area contributed by atoms with E-state index in [1.807, 2.05) is 0 Å². The molecule has 13 heteroatoms. The Morgan fingerprint density at radius 3 is 2.36 bits per heavy atom. The van der Waals surface area contributed by atoms with Crippen LogP contribution < -0.4 is 10.7 Å². The number of hydrogen-bond donors (Lipinski definition) is 4. The number of hydrogen-bond acceptors (Lipinski definition) is 8. The summed E-state index contributed by atoms with van der Waals surface area (Å²) in [4.78, 5) is 61.2. The van der Waals surface area contributed by atoms with Gasteiger partial charge in [-0.25, -0.2) is 10.4 Å². The quantitative estimate of drug-likeness (QED) is 0.175. The molecule has 0 aliphatic heterocycles. The van der Waals surface area contributed by atoms with Gasteiger partial charge in [-0.3, -0.25) is 29.3 Å².